The highest BCUT2D eigenvalue weighted by atomic mass is 19.4. The molecule has 124 valence electrons. The van der Waals surface area contributed by atoms with Gasteiger partial charge in [0.05, 0.1) is 17.8 Å². The van der Waals surface area contributed by atoms with Gasteiger partial charge in [-0.3, -0.25) is 4.79 Å². The number of nitrogens with zero attached hydrogens (tertiary/aromatic N) is 1. The molecule has 0 saturated carbocycles. The van der Waals surface area contributed by atoms with Gasteiger partial charge >= 0.3 is 6.18 Å². The molecule has 0 aliphatic carbocycles. The van der Waals surface area contributed by atoms with Crippen LogP contribution < -0.4 is 10.1 Å². The van der Waals surface area contributed by atoms with E-state index in [0.29, 0.717) is 6.61 Å². The minimum absolute atomic E-state index is 0.0301. The molecule has 1 heterocycles. The van der Waals surface area contributed by atoms with Crippen molar-refractivity contribution in [1.29, 1.82) is 0 Å². The normalized spacial score (nSPS) is 12.1. The Kier molecular flexibility index (Phi) is 6.16. The summed E-state index contributed by atoms with van der Waals surface area (Å²) in [4.78, 5) is 15.3. The third-order valence-electron chi connectivity index (χ3n) is 2.32. The first-order valence-electron chi connectivity index (χ1n) is 6.64. The molecule has 1 N–H and O–H groups in total. The number of aromatic nitrogens is 1. The van der Waals surface area contributed by atoms with Gasteiger partial charge in [-0.2, -0.15) is 13.2 Å². The number of amides is 1. The lowest BCUT2D eigenvalue weighted by atomic mass is 10.2. The molecule has 8 heteroatoms. The summed E-state index contributed by atoms with van der Waals surface area (Å²) >= 11 is 0. The highest BCUT2D eigenvalue weighted by Crippen LogP contribution is 2.13. The van der Waals surface area contributed by atoms with Gasteiger partial charge in [0.15, 0.2) is 0 Å². The minimum atomic E-state index is -4.45. The van der Waals surface area contributed by atoms with Gasteiger partial charge in [0.2, 0.25) is 5.88 Å². The number of hydrogen-bond donors (Lipinski definition) is 1. The van der Waals surface area contributed by atoms with Gasteiger partial charge in [0.25, 0.3) is 5.91 Å². The topological polar surface area (TPSA) is 60.5 Å². The first-order chi connectivity index (χ1) is 10.1. The van der Waals surface area contributed by atoms with E-state index in [0.717, 1.165) is 6.20 Å². The van der Waals surface area contributed by atoms with Crippen LogP contribution in [-0.2, 0) is 4.74 Å². The highest BCUT2D eigenvalue weighted by molar-refractivity contribution is 5.93. The Morgan fingerprint density at radius 3 is 2.41 bits per heavy atom. The second-order valence-corrected chi connectivity index (χ2v) is 5.49. The molecule has 0 aliphatic rings. The van der Waals surface area contributed by atoms with Crippen molar-refractivity contribution in [3.8, 4) is 5.88 Å². The van der Waals surface area contributed by atoms with Crippen LogP contribution in [0.3, 0.4) is 0 Å². The molecule has 1 amide bonds. The van der Waals surface area contributed by atoms with E-state index in [1.54, 1.807) is 5.32 Å². The Bertz CT molecular complexity index is 482. The van der Waals surface area contributed by atoms with Gasteiger partial charge in [0.1, 0.15) is 13.2 Å². The van der Waals surface area contributed by atoms with Crippen LogP contribution >= 0.6 is 0 Å². The summed E-state index contributed by atoms with van der Waals surface area (Å²) in [7, 11) is 0. The molecule has 22 heavy (non-hydrogen) atoms. The predicted octanol–water partition coefficient (Wildman–Crippen LogP) is 2.57. The summed E-state index contributed by atoms with van der Waals surface area (Å²) in [5, 5.41) is 1.76. The number of rotatable bonds is 6. The lowest BCUT2D eigenvalue weighted by Crippen LogP contribution is -2.33. The quantitative estimate of drug-likeness (QED) is 0.819. The molecule has 0 aromatic carbocycles. The van der Waals surface area contributed by atoms with Gasteiger partial charge in [-0.15, -0.1) is 0 Å². The lowest BCUT2D eigenvalue weighted by molar-refractivity contribution is -0.123. The van der Waals surface area contributed by atoms with Crippen LogP contribution in [-0.4, -0.2) is 42.4 Å². The molecular formula is C14H19F3N2O3. The summed E-state index contributed by atoms with van der Waals surface area (Å²) in [6.45, 7) is 5.02. The molecule has 0 unspecified atom stereocenters. The van der Waals surface area contributed by atoms with Crippen molar-refractivity contribution in [2.24, 2.45) is 0 Å². The molecule has 1 rings (SSSR count). The monoisotopic (exact) mass is 320 g/mol. The highest BCUT2D eigenvalue weighted by Gasteiger charge is 2.27. The maximum absolute atomic E-state index is 12.0. The fourth-order valence-electron chi connectivity index (χ4n) is 1.38. The molecule has 0 aliphatic heterocycles. The molecule has 0 spiro atoms. The van der Waals surface area contributed by atoms with Crippen LogP contribution in [0.5, 0.6) is 5.88 Å². The zero-order valence-electron chi connectivity index (χ0n) is 12.7. The zero-order chi connectivity index (χ0) is 16.8. The number of nitrogens with one attached hydrogen (secondary N) is 1. The van der Waals surface area contributed by atoms with Crippen LogP contribution in [0.2, 0.25) is 0 Å². The standard InChI is InChI=1S/C14H19F3N2O3/c1-13(2,3)22-7-6-21-11-5-4-10(8-18-11)12(20)19-9-14(15,16)17/h4-5,8H,6-7,9H2,1-3H3,(H,19,20). The van der Waals surface area contributed by atoms with Gasteiger partial charge < -0.3 is 14.8 Å². The van der Waals surface area contributed by atoms with Crippen molar-refractivity contribution in [1.82, 2.24) is 10.3 Å². The van der Waals surface area contributed by atoms with Crippen molar-refractivity contribution < 1.29 is 27.4 Å². The average molecular weight is 320 g/mol. The van der Waals surface area contributed by atoms with Crippen molar-refractivity contribution in [3.05, 3.63) is 23.9 Å². The second-order valence-electron chi connectivity index (χ2n) is 5.49. The van der Waals surface area contributed by atoms with E-state index in [1.165, 1.54) is 12.1 Å². The van der Waals surface area contributed by atoms with Gasteiger partial charge in [-0.25, -0.2) is 4.98 Å². The number of carbonyl (C=O) groups is 1. The summed E-state index contributed by atoms with van der Waals surface area (Å²) in [5.41, 5.74) is -0.237. The molecule has 0 saturated heterocycles. The van der Waals surface area contributed by atoms with Crippen molar-refractivity contribution in [3.63, 3.8) is 0 Å². The number of alkyl halides is 3. The number of halogens is 3. The molecular weight excluding hydrogens is 301 g/mol. The summed E-state index contributed by atoms with van der Waals surface area (Å²) < 4.78 is 46.7. The number of pyridine rings is 1. The molecule has 1 aromatic heterocycles. The maximum atomic E-state index is 12.0. The van der Waals surface area contributed by atoms with E-state index >= 15 is 0 Å². The van der Waals surface area contributed by atoms with E-state index in [-0.39, 0.29) is 23.7 Å². The first-order valence-corrected chi connectivity index (χ1v) is 6.64. The SMILES string of the molecule is CC(C)(C)OCCOc1ccc(C(=O)NCC(F)(F)F)cn1. The largest absolute Gasteiger partial charge is 0.475 e. The number of carbonyl (C=O) groups excluding carboxylic acids is 1. The van der Waals surface area contributed by atoms with Crippen LogP contribution in [0.15, 0.2) is 18.3 Å². The molecule has 1 aromatic rings. The maximum Gasteiger partial charge on any atom is 0.405 e. The van der Waals surface area contributed by atoms with Crippen LogP contribution in [0, 0.1) is 0 Å². The van der Waals surface area contributed by atoms with Gasteiger partial charge in [0, 0.05) is 12.3 Å². The smallest absolute Gasteiger partial charge is 0.405 e. The predicted molar refractivity (Wildman–Crippen MR) is 73.8 cm³/mol. The summed E-state index contributed by atoms with van der Waals surface area (Å²) in [6, 6.07) is 2.76. The minimum Gasteiger partial charge on any atom is -0.475 e. The number of ether oxygens (including phenoxy) is 2. The summed E-state index contributed by atoms with van der Waals surface area (Å²) in [5.74, 6) is -0.572. The van der Waals surface area contributed by atoms with E-state index < -0.39 is 18.6 Å². The molecule has 5 nitrogen and oxygen atoms in total. The molecule has 0 radical (unpaired) electrons. The van der Waals surface area contributed by atoms with E-state index in [1.807, 2.05) is 20.8 Å². The fourth-order valence-corrected chi connectivity index (χ4v) is 1.38. The average Bonchev–Trinajstić information content (AvgIpc) is 2.40. The van der Waals surface area contributed by atoms with Crippen LogP contribution in [0.1, 0.15) is 31.1 Å². The number of hydrogen-bond acceptors (Lipinski definition) is 4. The van der Waals surface area contributed by atoms with Crippen LogP contribution in [0.25, 0.3) is 0 Å². The Morgan fingerprint density at radius 2 is 1.91 bits per heavy atom. The van der Waals surface area contributed by atoms with Gasteiger partial charge in [-0.05, 0) is 26.8 Å². The third-order valence-corrected chi connectivity index (χ3v) is 2.32. The van der Waals surface area contributed by atoms with Crippen molar-refractivity contribution >= 4 is 5.91 Å². The van der Waals surface area contributed by atoms with Crippen molar-refractivity contribution in [2.75, 3.05) is 19.8 Å². The lowest BCUT2D eigenvalue weighted by Gasteiger charge is -2.19. The Labute approximate surface area is 126 Å². The van der Waals surface area contributed by atoms with Gasteiger partial charge in [-0.1, -0.05) is 0 Å². The van der Waals surface area contributed by atoms with E-state index in [4.69, 9.17) is 9.47 Å². The van der Waals surface area contributed by atoms with E-state index in [2.05, 4.69) is 4.98 Å². The first kappa shape index (κ1) is 18.2. The Balaban J connectivity index is 2.41. The Morgan fingerprint density at radius 1 is 1.23 bits per heavy atom. The third kappa shape index (κ3) is 7.82. The fraction of sp³-hybridized carbons (Fsp3) is 0.571. The summed E-state index contributed by atoms with van der Waals surface area (Å²) in [6.07, 6.45) is -3.29. The molecule has 0 fully saturated rings. The van der Waals surface area contributed by atoms with E-state index in [9.17, 15) is 18.0 Å². The molecule has 0 atom stereocenters. The Hall–Kier alpha value is -1.83. The zero-order valence-corrected chi connectivity index (χ0v) is 12.7. The van der Waals surface area contributed by atoms with Crippen LogP contribution in [0.4, 0.5) is 13.2 Å². The second kappa shape index (κ2) is 7.44. The van der Waals surface area contributed by atoms with Crippen molar-refractivity contribution in [2.45, 2.75) is 32.5 Å². The molecule has 0 bridgehead atoms.